The van der Waals surface area contributed by atoms with E-state index >= 15 is 0 Å². The van der Waals surface area contributed by atoms with E-state index in [0.717, 1.165) is 18.4 Å². The van der Waals surface area contributed by atoms with Gasteiger partial charge in [-0.15, -0.1) is 0 Å². The lowest BCUT2D eigenvalue weighted by molar-refractivity contribution is 0.0465. The van der Waals surface area contributed by atoms with Crippen LogP contribution in [-0.4, -0.2) is 30.6 Å². The molecule has 0 spiro atoms. The molecule has 2 nitrogen and oxygen atoms in total. The molecule has 16 heavy (non-hydrogen) atoms. The fraction of sp³-hybridized carbons (Fsp3) is 1.00. The van der Waals surface area contributed by atoms with E-state index in [0.29, 0.717) is 12.0 Å². The van der Waals surface area contributed by atoms with Gasteiger partial charge in [-0.25, -0.2) is 0 Å². The minimum Gasteiger partial charge on any atom is -0.330 e. The van der Waals surface area contributed by atoms with Crippen molar-refractivity contribution in [3.63, 3.8) is 0 Å². The van der Waals surface area contributed by atoms with Crippen LogP contribution < -0.4 is 5.73 Å². The summed E-state index contributed by atoms with van der Waals surface area (Å²) < 4.78 is 0. The number of likely N-dealkylation sites (tertiary alicyclic amines) is 1. The molecule has 4 atom stereocenters. The lowest BCUT2D eigenvalue weighted by Gasteiger charge is -2.44. The third-order valence-corrected chi connectivity index (χ3v) is 5.09. The van der Waals surface area contributed by atoms with Gasteiger partial charge in [0.05, 0.1) is 0 Å². The Bertz CT molecular complexity index is 217. The maximum atomic E-state index is 5.78. The third kappa shape index (κ3) is 2.60. The van der Waals surface area contributed by atoms with Crippen molar-refractivity contribution >= 4 is 0 Å². The summed E-state index contributed by atoms with van der Waals surface area (Å²) >= 11 is 0. The predicted octanol–water partition coefficient (Wildman–Crippen LogP) is 2.48. The molecule has 2 heteroatoms. The molecule has 94 valence electrons. The molecule has 0 radical (unpaired) electrons. The summed E-state index contributed by atoms with van der Waals surface area (Å²) in [6.07, 6.45) is 7.36. The van der Waals surface area contributed by atoms with Crippen molar-refractivity contribution in [1.29, 1.82) is 0 Å². The number of fused-ring (bicyclic) bond motifs is 1. The lowest BCUT2D eigenvalue weighted by atomic mass is 9.74. The van der Waals surface area contributed by atoms with Gasteiger partial charge < -0.3 is 10.6 Å². The second-order valence-electron chi connectivity index (χ2n) is 6.04. The number of hydrogen-bond donors (Lipinski definition) is 1. The van der Waals surface area contributed by atoms with Crippen LogP contribution in [-0.2, 0) is 0 Å². The van der Waals surface area contributed by atoms with Gasteiger partial charge in [0, 0.05) is 12.6 Å². The number of hydrogen-bond acceptors (Lipinski definition) is 2. The number of nitrogens with zero attached hydrogens (tertiary/aromatic N) is 1. The molecule has 1 saturated heterocycles. The molecule has 4 unspecified atom stereocenters. The summed E-state index contributed by atoms with van der Waals surface area (Å²) in [5.41, 5.74) is 5.78. The molecule has 1 aliphatic heterocycles. The number of rotatable bonds is 3. The van der Waals surface area contributed by atoms with Gasteiger partial charge in [0.25, 0.3) is 0 Å². The Kier molecular flexibility index (Phi) is 4.26. The van der Waals surface area contributed by atoms with Crippen LogP contribution in [0.25, 0.3) is 0 Å². The quantitative estimate of drug-likeness (QED) is 0.798. The highest BCUT2D eigenvalue weighted by Crippen LogP contribution is 2.36. The Hall–Kier alpha value is -0.0800. The Labute approximate surface area is 101 Å². The van der Waals surface area contributed by atoms with Crippen molar-refractivity contribution in [3.05, 3.63) is 0 Å². The smallest absolute Gasteiger partial charge is 0.0105 e. The fourth-order valence-electron chi connectivity index (χ4n) is 3.56. The molecule has 2 fully saturated rings. The average molecular weight is 224 g/mol. The van der Waals surface area contributed by atoms with Crippen molar-refractivity contribution in [3.8, 4) is 0 Å². The molecule has 0 aromatic rings. The zero-order valence-corrected chi connectivity index (χ0v) is 11.0. The van der Waals surface area contributed by atoms with Crippen molar-refractivity contribution in [1.82, 2.24) is 4.90 Å². The van der Waals surface area contributed by atoms with Crippen molar-refractivity contribution < 1.29 is 0 Å². The predicted molar refractivity (Wildman–Crippen MR) is 69.3 cm³/mol. The van der Waals surface area contributed by atoms with Gasteiger partial charge >= 0.3 is 0 Å². The summed E-state index contributed by atoms with van der Waals surface area (Å²) in [7, 11) is 0. The zero-order valence-electron chi connectivity index (χ0n) is 11.0. The van der Waals surface area contributed by atoms with E-state index in [1.165, 1.54) is 45.2 Å². The van der Waals surface area contributed by atoms with Crippen LogP contribution in [0.1, 0.15) is 46.0 Å². The van der Waals surface area contributed by atoms with E-state index in [-0.39, 0.29) is 0 Å². The van der Waals surface area contributed by atoms with Gasteiger partial charge in [-0.3, -0.25) is 0 Å². The van der Waals surface area contributed by atoms with Crippen molar-refractivity contribution in [2.75, 3.05) is 19.6 Å². The molecule has 1 heterocycles. The standard InChI is InChI=1S/C14H28N2/c1-11(9-15)12(2)16-8-7-13-5-3-4-6-14(13)10-16/h11-14H,3-10,15H2,1-2H3. The van der Waals surface area contributed by atoms with Crippen LogP contribution in [0.2, 0.25) is 0 Å². The molecule has 1 saturated carbocycles. The summed E-state index contributed by atoms with van der Waals surface area (Å²) in [4.78, 5) is 2.70. The largest absolute Gasteiger partial charge is 0.330 e. The topological polar surface area (TPSA) is 29.3 Å². The van der Waals surface area contributed by atoms with E-state index in [1.54, 1.807) is 0 Å². The first-order valence-electron chi connectivity index (χ1n) is 7.16. The summed E-state index contributed by atoms with van der Waals surface area (Å²) in [6.45, 7) is 8.13. The van der Waals surface area contributed by atoms with Gasteiger partial charge in [0.15, 0.2) is 0 Å². The minimum absolute atomic E-state index is 0.639. The van der Waals surface area contributed by atoms with E-state index in [9.17, 15) is 0 Å². The van der Waals surface area contributed by atoms with Crippen LogP contribution in [0.5, 0.6) is 0 Å². The molecule has 0 aromatic heterocycles. The molecular weight excluding hydrogens is 196 g/mol. The van der Waals surface area contributed by atoms with Gasteiger partial charge in [0.1, 0.15) is 0 Å². The highest BCUT2D eigenvalue weighted by Gasteiger charge is 2.33. The van der Waals surface area contributed by atoms with Gasteiger partial charge in [-0.1, -0.05) is 26.2 Å². The van der Waals surface area contributed by atoms with Crippen molar-refractivity contribution in [2.45, 2.75) is 52.0 Å². The lowest BCUT2D eigenvalue weighted by Crippen LogP contribution is -2.48. The monoisotopic (exact) mass is 224 g/mol. The Balaban J connectivity index is 1.89. The summed E-state index contributed by atoms with van der Waals surface area (Å²) in [6, 6.07) is 0.674. The maximum Gasteiger partial charge on any atom is 0.0105 e. The maximum absolute atomic E-state index is 5.78. The molecular formula is C14H28N2. The van der Waals surface area contributed by atoms with Crippen molar-refractivity contribution in [2.24, 2.45) is 23.5 Å². The van der Waals surface area contributed by atoms with E-state index < -0.39 is 0 Å². The molecule has 1 aliphatic carbocycles. The fourth-order valence-corrected chi connectivity index (χ4v) is 3.56. The highest BCUT2D eigenvalue weighted by molar-refractivity contribution is 4.86. The summed E-state index contributed by atoms with van der Waals surface area (Å²) in [5.74, 6) is 2.68. The van der Waals surface area contributed by atoms with Gasteiger partial charge in [-0.2, -0.15) is 0 Å². The molecule has 0 amide bonds. The van der Waals surface area contributed by atoms with E-state index in [2.05, 4.69) is 18.7 Å². The van der Waals surface area contributed by atoms with E-state index in [1.807, 2.05) is 0 Å². The Morgan fingerprint density at radius 1 is 1.12 bits per heavy atom. The van der Waals surface area contributed by atoms with Crippen LogP contribution in [0.15, 0.2) is 0 Å². The van der Waals surface area contributed by atoms with E-state index in [4.69, 9.17) is 5.73 Å². The third-order valence-electron chi connectivity index (χ3n) is 5.09. The first-order valence-corrected chi connectivity index (χ1v) is 7.16. The molecule has 2 N–H and O–H groups in total. The highest BCUT2D eigenvalue weighted by atomic mass is 15.2. The average Bonchev–Trinajstić information content (AvgIpc) is 2.36. The molecule has 2 rings (SSSR count). The normalized spacial score (nSPS) is 35.4. The zero-order chi connectivity index (χ0) is 11.5. The van der Waals surface area contributed by atoms with Gasteiger partial charge in [0.2, 0.25) is 0 Å². The first kappa shape index (κ1) is 12.4. The number of piperidine rings is 1. The Morgan fingerprint density at radius 3 is 2.50 bits per heavy atom. The number of nitrogens with two attached hydrogens (primary N) is 1. The molecule has 0 aromatic carbocycles. The van der Waals surface area contributed by atoms with Crippen LogP contribution >= 0.6 is 0 Å². The molecule has 2 aliphatic rings. The Morgan fingerprint density at radius 2 is 1.81 bits per heavy atom. The first-order chi connectivity index (χ1) is 7.72. The van der Waals surface area contributed by atoms with Crippen LogP contribution in [0.4, 0.5) is 0 Å². The summed E-state index contributed by atoms with van der Waals surface area (Å²) in [5, 5.41) is 0. The second kappa shape index (κ2) is 5.50. The SMILES string of the molecule is CC(CN)C(C)N1CCC2CCCCC2C1. The minimum atomic E-state index is 0.639. The molecule has 0 bridgehead atoms. The van der Waals surface area contributed by atoms with Crippen LogP contribution in [0.3, 0.4) is 0 Å². The second-order valence-corrected chi connectivity index (χ2v) is 6.04. The van der Waals surface area contributed by atoms with Crippen LogP contribution in [0, 0.1) is 17.8 Å². The van der Waals surface area contributed by atoms with Gasteiger partial charge in [-0.05, 0) is 50.6 Å².